The molecule has 0 aromatic rings. The molecule has 0 radical (unpaired) electrons. The SMILES string of the molecule is CC1CC2C(=O)OCCC(=O)CC=CCCC(=O)CCCC=CC=CC=CCCC3CCCC(=O)C(C)(O3)C(=O)N2C(C)(C)C1(C)C. The highest BCUT2D eigenvalue weighted by molar-refractivity contribution is 6.10. The van der Waals surface area contributed by atoms with E-state index in [0.29, 0.717) is 44.9 Å². The van der Waals surface area contributed by atoms with Gasteiger partial charge in [0.05, 0.1) is 12.7 Å². The molecule has 8 nitrogen and oxygen atoms in total. The van der Waals surface area contributed by atoms with Crippen molar-refractivity contribution in [2.45, 2.75) is 148 Å². The second-order valence-electron chi connectivity index (χ2n) is 14.6. The van der Waals surface area contributed by atoms with Crippen molar-refractivity contribution in [2.24, 2.45) is 11.3 Å². The number of carbonyl (C=O) groups excluding carboxylic acids is 5. The summed E-state index contributed by atoms with van der Waals surface area (Å²) in [6.45, 7) is 11.6. The molecular formula is C39H57NO7. The van der Waals surface area contributed by atoms with Crippen LogP contribution >= 0.6 is 0 Å². The Bertz CT molecular complexity index is 1260. The Balaban J connectivity index is 1.87. The number of hydrogen-bond acceptors (Lipinski definition) is 7. The van der Waals surface area contributed by atoms with E-state index >= 15 is 0 Å². The topological polar surface area (TPSA) is 107 Å². The van der Waals surface area contributed by atoms with Crippen LogP contribution in [0.4, 0.5) is 0 Å². The predicted octanol–water partition coefficient (Wildman–Crippen LogP) is 7.36. The lowest BCUT2D eigenvalue weighted by Gasteiger charge is -2.59. The normalized spacial score (nSPS) is 31.0. The standard InChI is InChI=1S/C39H57NO7/c1-29-28-33-35(44)46-27-26-31(42)22-17-14-16-21-30(41)20-15-12-10-8-7-9-11-13-18-23-32-24-19-25-34(43)39(6,47-32)36(45)40(33)38(4,5)37(29,2)3/h7-11,13-14,17,29,32-33H,12,15-16,18-28H2,1-6H3. The molecule has 2 saturated heterocycles. The summed E-state index contributed by atoms with van der Waals surface area (Å²) in [4.78, 5) is 68.2. The minimum atomic E-state index is -1.72. The average molecular weight is 652 g/mol. The van der Waals surface area contributed by atoms with Crippen molar-refractivity contribution < 1.29 is 33.4 Å². The Morgan fingerprint density at radius 3 is 2.15 bits per heavy atom. The van der Waals surface area contributed by atoms with Gasteiger partial charge in [-0.15, -0.1) is 0 Å². The van der Waals surface area contributed by atoms with Crippen LogP contribution in [0.15, 0.2) is 48.6 Å². The van der Waals surface area contributed by atoms with E-state index in [1.165, 1.54) is 0 Å². The maximum Gasteiger partial charge on any atom is 0.328 e. The van der Waals surface area contributed by atoms with Gasteiger partial charge in [-0.1, -0.05) is 69.4 Å². The van der Waals surface area contributed by atoms with Gasteiger partial charge >= 0.3 is 5.97 Å². The first-order chi connectivity index (χ1) is 22.2. The largest absolute Gasteiger partial charge is 0.464 e. The van der Waals surface area contributed by atoms with Crippen LogP contribution in [-0.2, 0) is 33.4 Å². The number of allylic oxidation sites excluding steroid dienone is 8. The van der Waals surface area contributed by atoms with Crippen molar-refractivity contribution in [1.29, 1.82) is 0 Å². The van der Waals surface area contributed by atoms with Gasteiger partial charge in [0.25, 0.3) is 5.91 Å². The molecule has 0 aromatic carbocycles. The van der Waals surface area contributed by atoms with Crippen molar-refractivity contribution in [3.63, 3.8) is 0 Å². The van der Waals surface area contributed by atoms with E-state index in [1.807, 2.05) is 44.2 Å². The molecule has 4 unspecified atom stereocenters. The van der Waals surface area contributed by atoms with Crippen LogP contribution in [0.5, 0.6) is 0 Å². The number of cyclic esters (lactones) is 1. The zero-order valence-corrected chi connectivity index (χ0v) is 29.6. The van der Waals surface area contributed by atoms with Crippen LogP contribution in [0.3, 0.4) is 0 Å². The van der Waals surface area contributed by atoms with Crippen molar-refractivity contribution in [1.82, 2.24) is 4.90 Å². The number of amides is 1. The molecule has 3 rings (SSSR count). The van der Waals surface area contributed by atoms with E-state index in [0.717, 1.165) is 19.3 Å². The zero-order valence-electron chi connectivity index (χ0n) is 29.6. The number of piperidine rings is 1. The van der Waals surface area contributed by atoms with Crippen molar-refractivity contribution in [2.75, 3.05) is 6.61 Å². The molecule has 47 heavy (non-hydrogen) atoms. The summed E-state index contributed by atoms with van der Waals surface area (Å²) in [5.41, 5.74) is -2.93. The zero-order chi connectivity index (χ0) is 34.7. The fourth-order valence-corrected chi connectivity index (χ4v) is 6.77. The molecule has 2 fully saturated rings. The maximum atomic E-state index is 14.7. The first-order valence-corrected chi connectivity index (χ1v) is 17.6. The third-order valence-corrected chi connectivity index (χ3v) is 10.9. The third-order valence-electron chi connectivity index (χ3n) is 10.9. The second kappa shape index (κ2) is 17.3. The molecule has 4 atom stereocenters. The summed E-state index contributed by atoms with van der Waals surface area (Å²) in [5.74, 6) is -1.14. The Labute approximate surface area is 282 Å². The van der Waals surface area contributed by atoms with Gasteiger partial charge in [0.1, 0.15) is 17.6 Å². The number of ether oxygens (including phenoxy) is 2. The van der Waals surface area contributed by atoms with E-state index in [1.54, 1.807) is 17.9 Å². The van der Waals surface area contributed by atoms with Crippen LogP contribution in [0, 0.1) is 11.3 Å². The number of hydrogen-bond donors (Lipinski definition) is 0. The van der Waals surface area contributed by atoms with Crippen LogP contribution < -0.4 is 0 Å². The third kappa shape index (κ3) is 9.94. The Morgan fingerprint density at radius 2 is 1.43 bits per heavy atom. The fourth-order valence-electron chi connectivity index (χ4n) is 6.77. The van der Waals surface area contributed by atoms with Gasteiger partial charge in [-0.2, -0.15) is 0 Å². The van der Waals surface area contributed by atoms with Crippen LogP contribution in [-0.4, -0.2) is 64.0 Å². The van der Waals surface area contributed by atoms with Gasteiger partial charge in [0.2, 0.25) is 5.60 Å². The Kier molecular flexibility index (Phi) is 14.1. The lowest BCUT2D eigenvalue weighted by atomic mass is 9.60. The molecule has 0 aromatic heterocycles. The van der Waals surface area contributed by atoms with Crippen LogP contribution in [0.1, 0.15) is 125 Å². The molecule has 3 heterocycles. The van der Waals surface area contributed by atoms with Crippen molar-refractivity contribution >= 4 is 29.2 Å². The number of nitrogens with zero attached hydrogens (tertiary/aromatic N) is 1. The van der Waals surface area contributed by atoms with Crippen molar-refractivity contribution in [3.05, 3.63) is 48.6 Å². The maximum absolute atomic E-state index is 14.7. The molecule has 1 amide bonds. The number of fused-ring (bicyclic) bond motifs is 3. The number of esters is 1. The molecule has 260 valence electrons. The summed E-state index contributed by atoms with van der Waals surface area (Å²) in [6.07, 6.45) is 22.1. The predicted molar refractivity (Wildman–Crippen MR) is 183 cm³/mol. The van der Waals surface area contributed by atoms with Crippen LogP contribution in [0.2, 0.25) is 0 Å². The quantitative estimate of drug-likeness (QED) is 0.153. The summed E-state index contributed by atoms with van der Waals surface area (Å²) >= 11 is 0. The molecule has 0 saturated carbocycles. The van der Waals surface area contributed by atoms with E-state index in [2.05, 4.69) is 32.9 Å². The molecule has 0 spiro atoms. The number of Topliss-reactive ketones (excluding diaryl/α,β-unsaturated/α-hetero) is 3. The molecule has 0 aliphatic carbocycles. The highest BCUT2D eigenvalue weighted by Gasteiger charge is 2.60. The molecule has 8 heteroatoms. The van der Waals surface area contributed by atoms with Gasteiger partial charge in [-0.3, -0.25) is 19.2 Å². The Hall–Kier alpha value is -3.13. The lowest BCUT2D eigenvalue weighted by Crippen LogP contribution is -2.71. The van der Waals surface area contributed by atoms with Gasteiger partial charge in [0, 0.05) is 37.6 Å². The van der Waals surface area contributed by atoms with E-state index < -0.39 is 29.1 Å². The Morgan fingerprint density at radius 1 is 0.723 bits per heavy atom. The number of carbonyl (C=O) groups is 5. The van der Waals surface area contributed by atoms with Crippen molar-refractivity contribution in [3.8, 4) is 0 Å². The molecular weight excluding hydrogens is 594 g/mol. The summed E-state index contributed by atoms with van der Waals surface area (Å²) in [6, 6.07) is -0.918. The van der Waals surface area contributed by atoms with Gasteiger partial charge in [-0.05, 0) is 83.5 Å². The molecule has 3 aliphatic rings. The van der Waals surface area contributed by atoms with Gasteiger partial charge in [0.15, 0.2) is 5.78 Å². The summed E-state index contributed by atoms with van der Waals surface area (Å²) < 4.78 is 12.1. The average Bonchev–Trinajstić information content (AvgIpc) is 3.15. The number of ketones is 3. The summed E-state index contributed by atoms with van der Waals surface area (Å²) in [7, 11) is 0. The van der Waals surface area contributed by atoms with Gasteiger partial charge < -0.3 is 14.4 Å². The van der Waals surface area contributed by atoms with E-state index in [4.69, 9.17) is 9.47 Å². The minimum absolute atomic E-state index is 0.0538. The highest BCUT2D eigenvalue weighted by Crippen LogP contribution is 2.50. The van der Waals surface area contributed by atoms with Gasteiger partial charge in [-0.25, -0.2) is 4.79 Å². The van der Waals surface area contributed by atoms with E-state index in [9.17, 15) is 24.0 Å². The first-order valence-electron chi connectivity index (χ1n) is 17.6. The van der Waals surface area contributed by atoms with E-state index in [-0.39, 0.29) is 60.7 Å². The monoisotopic (exact) mass is 651 g/mol. The molecule has 3 aliphatic heterocycles. The molecule has 2 bridgehead atoms. The minimum Gasteiger partial charge on any atom is -0.464 e. The summed E-state index contributed by atoms with van der Waals surface area (Å²) in [5, 5.41) is 0. The first kappa shape index (κ1) is 38.3. The lowest BCUT2D eigenvalue weighted by molar-refractivity contribution is -0.195. The molecule has 0 N–H and O–H groups in total. The van der Waals surface area contributed by atoms with Crippen LogP contribution in [0.25, 0.3) is 0 Å². The smallest absolute Gasteiger partial charge is 0.328 e. The highest BCUT2D eigenvalue weighted by atomic mass is 16.5. The number of rotatable bonds is 0. The fraction of sp³-hybridized carbons (Fsp3) is 0.667. The second-order valence-corrected chi connectivity index (χ2v) is 14.6.